The van der Waals surface area contributed by atoms with Gasteiger partial charge in [-0.1, -0.05) is 26.8 Å². The molecular weight excluding hydrogens is 284 g/mol. The summed E-state index contributed by atoms with van der Waals surface area (Å²) in [6.07, 6.45) is 10.2. The highest BCUT2D eigenvalue weighted by atomic mass is 16.5. The molecule has 2 saturated carbocycles. The van der Waals surface area contributed by atoms with E-state index in [1.807, 2.05) is 6.08 Å². The summed E-state index contributed by atoms with van der Waals surface area (Å²) >= 11 is 0. The fraction of sp³-hybridized carbons (Fsp3) is 0.810. The molecule has 1 aliphatic heterocycles. The van der Waals surface area contributed by atoms with E-state index in [9.17, 15) is 5.11 Å². The molecule has 0 radical (unpaired) electrons. The molecule has 0 aromatic carbocycles. The van der Waals surface area contributed by atoms with Gasteiger partial charge >= 0.3 is 0 Å². The number of aliphatic hydroxyl groups excluding tert-OH is 1. The second-order valence-electron chi connectivity index (χ2n) is 9.50. The average Bonchev–Trinajstić information content (AvgIpc) is 2.45. The molecule has 3 aliphatic rings. The first-order valence-corrected chi connectivity index (χ1v) is 9.29. The molecule has 3 rings (SSSR count). The number of rotatable bonds is 1. The van der Waals surface area contributed by atoms with E-state index >= 15 is 0 Å². The summed E-state index contributed by atoms with van der Waals surface area (Å²) in [6.45, 7) is 15.7. The van der Waals surface area contributed by atoms with E-state index in [1.165, 1.54) is 31.1 Å². The Labute approximate surface area is 142 Å². The molecule has 2 aliphatic carbocycles. The van der Waals surface area contributed by atoms with E-state index in [0.717, 1.165) is 19.3 Å². The minimum absolute atomic E-state index is 0.0387. The van der Waals surface area contributed by atoms with Crippen LogP contribution in [0.1, 0.15) is 73.1 Å². The fourth-order valence-corrected chi connectivity index (χ4v) is 6.51. The minimum atomic E-state index is -0.172. The summed E-state index contributed by atoms with van der Waals surface area (Å²) in [5.74, 6) is 1.22. The van der Waals surface area contributed by atoms with Crippen LogP contribution in [0.4, 0.5) is 0 Å². The molecule has 2 heteroatoms. The van der Waals surface area contributed by atoms with Crippen LogP contribution >= 0.6 is 0 Å². The molecule has 5 atom stereocenters. The monoisotopic (exact) mass is 318 g/mol. The summed E-state index contributed by atoms with van der Waals surface area (Å²) in [5, 5.41) is 9.69. The first-order chi connectivity index (χ1) is 10.6. The third-order valence-corrected chi connectivity index (χ3v) is 7.87. The number of hydrogen-bond donors (Lipinski definition) is 1. The van der Waals surface area contributed by atoms with Gasteiger partial charge in [-0.3, -0.25) is 0 Å². The third-order valence-electron chi connectivity index (χ3n) is 7.87. The van der Waals surface area contributed by atoms with Gasteiger partial charge in [-0.05, 0) is 80.6 Å². The van der Waals surface area contributed by atoms with E-state index in [2.05, 4.69) is 41.2 Å². The maximum absolute atomic E-state index is 9.69. The van der Waals surface area contributed by atoms with Crippen LogP contribution in [0, 0.1) is 22.7 Å². The lowest BCUT2D eigenvalue weighted by Gasteiger charge is -2.65. The van der Waals surface area contributed by atoms with Gasteiger partial charge in [0.25, 0.3) is 0 Å². The Hall–Kier alpha value is -0.760. The van der Waals surface area contributed by atoms with Crippen molar-refractivity contribution >= 4 is 0 Å². The Kier molecular flexibility index (Phi) is 3.80. The molecule has 0 aromatic rings. The van der Waals surface area contributed by atoms with E-state index < -0.39 is 0 Å². The lowest BCUT2D eigenvalue weighted by atomic mass is 9.43. The standard InChI is InChI=1S/C21H34O2/c1-7-19(4)11-9-17-20(5)12-8-15(14-22)18(2,3)16(20)10-13-21(17,6)23-19/h7,14,16-17,22H,1,8-13H2,2-6H3/t16-,17+,19-,20-,21+/m1/s1. The minimum Gasteiger partial charge on any atom is -0.516 e. The highest BCUT2D eigenvalue weighted by molar-refractivity contribution is 5.22. The summed E-state index contributed by atoms with van der Waals surface area (Å²) in [6, 6.07) is 0. The Morgan fingerprint density at radius 3 is 2.30 bits per heavy atom. The summed E-state index contributed by atoms with van der Waals surface area (Å²) in [4.78, 5) is 0. The van der Waals surface area contributed by atoms with E-state index in [1.54, 1.807) is 0 Å². The summed E-state index contributed by atoms with van der Waals surface area (Å²) in [5.41, 5.74) is 1.40. The molecule has 1 N–H and O–H groups in total. The second kappa shape index (κ2) is 5.12. The van der Waals surface area contributed by atoms with Crippen molar-refractivity contribution in [3.63, 3.8) is 0 Å². The predicted octanol–water partition coefficient (Wildman–Crippen LogP) is 5.79. The van der Waals surface area contributed by atoms with E-state index in [-0.39, 0.29) is 16.6 Å². The van der Waals surface area contributed by atoms with Gasteiger partial charge < -0.3 is 9.84 Å². The van der Waals surface area contributed by atoms with Gasteiger partial charge in [-0.25, -0.2) is 0 Å². The molecule has 3 fully saturated rings. The first kappa shape index (κ1) is 17.1. The normalized spacial score (nSPS) is 50.9. The SMILES string of the molecule is C=C[C@]1(C)CC[C@H]2[C@]3(C)CCC(=CO)C(C)(C)[C@H]3CC[C@]2(C)O1. The van der Waals surface area contributed by atoms with Crippen LogP contribution < -0.4 is 0 Å². The topological polar surface area (TPSA) is 29.5 Å². The highest BCUT2D eigenvalue weighted by Gasteiger charge is 2.62. The van der Waals surface area contributed by atoms with Crippen molar-refractivity contribution < 1.29 is 9.84 Å². The zero-order chi connectivity index (χ0) is 17.1. The smallest absolute Gasteiger partial charge is 0.0839 e. The molecule has 0 aromatic heterocycles. The van der Waals surface area contributed by atoms with Crippen molar-refractivity contribution in [1.82, 2.24) is 0 Å². The fourth-order valence-electron chi connectivity index (χ4n) is 6.51. The van der Waals surface area contributed by atoms with Crippen LogP contribution in [-0.2, 0) is 4.74 Å². The van der Waals surface area contributed by atoms with Crippen molar-refractivity contribution in [2.75, 3.05) is 0 Å². The second-order valence-corrected chi connectivity index (χ2v) is 9.50. The zero-order valence-electron chi connectivity index (χ0n) is 15.6. The molecule has 1 heterocycles. The molecule has 130 valence electrons. The maximum atomic E-state index is 9.69. The molecule has 2 nitrogen and oxygen atoms in total. The molecule has 0 spiro atoms. The molecule has 23 heavy (non-hydrogen) atoms. The quantitative estimate of drug-likeness (QED) is 0.489. The maximum Gasteiger partial charge on any atom is 0.0839 e. The van der Waals surface area contributed by atoms with Gasteiger partial charge in [0.05, 0.1) is 17.5 Å². The lowest BCUT2D eigenvalue weighted by Crippen LogP contribution is -2.62. The lowest BCUT2D eigenvalue weighted by molar-refractivity contribution is -0.248. The Morgan fingerprint density at radius 1 is 1.04 bits per heavy atom. The van der Waals surface area contributed by atoms with Crippen molar-refractivity contribution in [3.05, 3.63) is 24.5 Å². The number of aliphatic hydroxyl groups is 1. The van der Waals surface area contributed by atoms with Crippen molar-refractivity contribution in [3.8, 4) is 0 Å². The highest BCUT2D eigenvalue weighted by Crippen LogP contribution is 2.66. The zero-order valence-corrected chi connectivity index (χ0v) is 15.6. The molecule has 0 unspecified atom stereocenters. The van der Waals surface area contributed by atoms with Crippen molar-refractivity contribution in [1.29, 1.82) is 0 Å². The van der Waals surface area contributed by atoms with Gasteiger partial charge in [0, 0.05) is 0 Å². The molecule has 0 amide bonds. The van der Waals surface area contributed by atoms with Gasteiger partial charge in [-0.15, -0.1) is 6.58 Å². The predicted molar refractivity (Wildman–Crippen MR) is 95.4 cm³/mol. The summed E-state index contributed by atoms with van der Waals surface area (Å²) < 4.78 is 6.67. The number of allylic oxidation sites excluding steroid dienone is 1. The van der Waals surface area contributed by atoms with Crippen LogP contribution in [0.25, 0.3) is 0 Å². The number of ether oxygens (including phenoxy) is 1. The molecular formula is C21H34O2. The number of fused-ring (bicyclic) bond motifs is 3. The van der Waals surface area contributed by atoms with Crippen LogP contribution in [0.3, 0.4) is 0 Å². The van der Waals surface area contributed by atoms with Crippen LogP contribution in [0.5, 0.6) is 0 Å². The van der Waals surface area contributed by atoms with Crippen molar-refractivity contribution in [2.45, 2.75) is 84.3 Å². The first-order valence-electron chi connectivity index (χ1n) is 9.29. The van der Waals surface area contributed by atoms with Gasteiger partial charge in [-0.2, -0.15) is 0 Å². The molecule has 1 saturated heterocycles. The third kappa shape index (κ3) is 2.32. The Bertz CT molecular complexity index is 534. The Balaban J connectivity index is 1.97. The van der Waals surface area contributed by atoms with Crippen LogP contribution in [0.15, 0.2) is 24.5 Å². The average molecular weight is 319 g/mol. The summed E-state index contributed by atoms with van der Waals surface area (Å²) in [7, 11) is 0. The van der Waals surface area contributed by atoms with Gasteiger partial charge in [0.15, 0.2) is 0 Å². The Morgan fingerprint density at radius 2 is 1.70 bits per heavy atom. The molecule has 0 bridgehead atoms. The van der Waals surface area contributed by atoms with Crippen molar-refractivity contribution in [2.24, 2.45) is 22.7 Å². The van der Waals surface area contributed by atoms with Crippen LogP contribution in [-0.4, -0.2) is 16.3 Å². The van der Waals surface area contributed by atoms with Crippen LogP contribution in [0.2, 0.25) is 0 Å². The largest absolute Gasteiger partial charge is 0.516 e. The van der Waals surface area contributed by atoms with Gasteiger partial charge in [0.1, 0.15) is 0 Å². The van der Waals surface area contributed by atoms with Gasteiger partial charge in [0.2, 0.25) is 0 Å². The number of hydrogen-bond acceptors (Lipinski definition) is 2. The van der Waals surface area contributed by atoms with E-state index in [0.29, 0.717) is 17.3 Å². The van der Waals surface area contributed by atoms with E-state index in [4.69, 9.17) is 4.74 Å².